The summed E-state index contributed by atoms with van der Waals surface area (Å²) in [5.74, 6) is 1.77. The number of carbonyl (C=O) groups is 2. The Morgan fingerprint density at radius 1 is 1.24 bits per heavy atom. The zero-order valence-corrected chi connectivity index (χ0v) is 13.5. The van der Waals surface area contributed by atoms with Crippen LogP contribution in [-0.2, 0) is 9.59 Å². The number of hydrogen-bond donors (Lipinski definition) is 1. The Kier molecular flexibility index (Phi) is 4.74. The molecule has 5 nitrogen and oxygen atoms in total. The maximum Gasteiger partial charge on any atom is 0.246 e. The van der Waals surface area contributed by atoms with Gasteiger partial charge in [0.05, 0.1) is 5.88 Å². The summed E-state index contributed by atoms with van der Waals surface area (Å²) in [6.45, 7) is 3.92. The first-order valence-corrected chi connectivity index (χ1v) is 9.28. The number of nitrogens with zero attached hydrogens (tertiary/aromatic N) is 2. The fourth-order valence-corrected chi connectivity index (χ4v) is 4.94. The Morgan fingerprint density at radius 3 is 2.86 bits per heavy atom. The lowest BCUT2D eigenvalue weighted by Crippen LogP contribution is -2.53. The highest BCUT2D eigenvalue weighted by molar-refractivity contribution is 7.99. The zero-order valence-electron chi connectivity index (χ0n) is 12.7. The van der Waals surface area contributed by atoms with Crippen molar-refractivity contribution in [3.63, 3.8) is 0 Å². The maximum absolute atomic E-state index is 13.0. The monoisotopic (exact) mass is 311 g/mol. The van der Waals surface area contributed by atoms with Crippen LogP contribution in [0.1, 0.15) is 39.0 Å². The van der Waals surface area contributed by atoms with Crippen molar-refractivity contribution in [1.29, 1.82) is 0 Å². The van der Waals surface area contributed by atoms with Crippen LogP contribution >= 0.6 is 11.8 Å². The molecule has 1 N–H and O–H groups in total. The quantitative estimate of drug-likeness (QED) is 0.846. The van der Waals surface area contributed by atoms with Crippen LogP contribution in [0.4, 0.5) is 0 Å². The molecule has 3 heterocycles. The number of thioether (sulfide) groups is 1. The summed E-state index contributed by atoms with van der Waals surface area (Å²) in [6, 6.07) is 0.486. The Bertz CT molecular complexity index is 404. The van der Waals surface area contributed by atoms with Gasteiger partial charge in [-0.3, -0.25) is 9.59 Å². The van der Waals surface area contributed by atoms with Crippen LogP contribution in [0.15, 0.2) is 0 Å². The van der Waals surface area contributed by atoms with Crippen molar-refractivity contribution in [1.82, 2.24) is 15.1 Å². The van der Waals surface area contributed by atoms with Crippen LogP contribution in [0.3, 0.4) is 0 Å². The molecule has 0 aromatic carbocycles. The first-order valence-electron chi connectivity index (χ1n) is 8.12. The van der Waals surface area contributed by atoms with Crippen molar-refractivity contribution >= 4 is 23.6 Å². The van der Waals surface area contributed by atoms with E-state index in [4.69, 9.17) is 0 Å². The standard InChI is InChI=1S/C15H25N3O2S/c1-2-3-14(19)17-10-21-9-13(17)15(20)18-11-4-5-12(18)8-16-7-6-11/h11-13,16H,2-10H2,1H3. The van der Waals surface area contributed by atoms with E-state index in [1.807, 2.05) is 11.8 Å². The van der Waals surface area contributed by atoms with Gasteiger partial charge in [0.1, 0.15) is 6.04 Å². The molecule has 0 spiro atoms. The van der Waals surface area contributed by atoms with E-state index in [0.717, 1.165) is 44.5 Å². The molecule has 0 aliphatic carbocycles. The Labute approximate surface area is 130 Å². The summed E-state index contributed by atoms with van der Waals surface area (Å²) in [6.07, 6.45) is 4.68. The van der Waals surface area contributed by atoms with Gasteiger partial charge in [0.25, 0.3) is 0 Å². The molecule has 0 radical (unpaired) electrons. The van der Waals surface area contributed by atoms with E-state index in [2.05, 4.69) is 10.2 Å². The van der Waals surface area contributed by atoms with E-state index < -0.39 is 0 Å². The van der Waals surface area contributed by atoms with Crippen LogP contribution < -0.4 is 5.32 Å². The molecule has 118 valence electrons. The zero-order chi connectivity index (χ0) is 14.8. The predicted molar refractivity (Wildman–Crippen MR) is 84.0 cm³/mol. The van der Waals surface area contributed by atoms with Crippen molar-refractivity contribution < 1.29 is 9.59 Å². The molecule has 0 saturated carbocycles. The minimum atomic E-state index is -0.227. The summed E-state index contributed by atoms with van der Waals surface area (Å²) in [5, 5.41) is 3.43. The molecule has 6 heteroatoms. The number of hydrogen-bond acceptors (Lipinski definition) is 4. The highest BCUT2D eigenvalue weighted by Gasteiger charge is 2.44. The lowest BCUT2D eigenvalue weighted by Gasteiger charge is -2.33. The largest absolute Gasteiger partial charge is 0.334 e. The predicted octanol–water partition coefficient (Wildman–Crippen LogP) is 1.04. The Balaban J connectivity index is 1.73. The number of rotatable bonds is 3. The average molecular weight is 311 g/mol. The molecule has 2 bridgehead atoms. The molecule has 3 atom stereocenters. The Hall–Kier alpha value is -0.750. The molecule has 0 aromatic rings. The van der Waals surface area contributed by atoms with Crippen molar-refractivity contribution in [3.05, 3.63) is 0 Å². The normalized spacial score (nSPS) is 32.3. The SMILES string of the molecule is CCCC(=O)N1CSCC1C(=O)N1C2CCNCC1CC2. The molecule has 0 aromatic heterocycles. The second-order valence-corrected chi connectivity index (χ2v) is 7.25. The second-order valence-electron chi connectivity index (χ2n) is 6.25. The molecule has 2 amide bonds. The summed E-state index contributed by atoms with van der Waals surface area (Å²) in [7, 11) is 0. The van der Waals surface area contributed by atoms with Crippen LogP contribution in [0, 0.1) is 0 Å². The van der Waals surface area contributed by atoms with Crippen molar-refractivity contribution in [2.24, 2.45) is 0 Å². The third kappa shape index (κ3) is 2.93. The van der Waals surface area contributed by atoms with Gasteiger partial charge in [-0.25, -0.2) is 0 Å². The van der Waals surface area contributed by atoms with Gasteiger partial charge >= 0.3 is 0 Å². The average Bonchev–Trinajstić information content (AvgIpc) is 3.02. The molecular weight excluding hydrogens is 286 g/mol. The summed E-state index contributed by atoms with van der Waals surface area (Å²) in [4.78, 5) is 29.2. The second kappa shape index (κ2) is 6.57. The van der Waals surface area contributed by atoms with Gasteiger partial charge in [0.15, 0.2) is 0 Å². The highest BCUT2D eigenvalue weighted by Crippen LogP contribution is 2.32. The fraction of sp³-hybridized carbons (Fsp3) is 0.867. The van der Waals surface area contributed by atoms with E-state index in [1.54, 1.807) is 11.8 Å². The van der Waals surface area contributed by atoms with E-state index in [-0.39, 0.29) is 17.9 Å². The molecule has 3 saturated heterocycles. The third-order valence-corrected chi connectivity index (χ3v) is 5.87. The van der Waals surface area contributed by atoms with E-state index in [0.29, 0.717) is 24.4 Å². The van der Waals surface area contributed by atoms with Gasteiger partial charge in [0.2, 0.25) is 11.8 Å². The first-order chi connectivity index (χ1) is 10.2. The van der Waals surface area contributed by atoms with Gasteiger partial charge < -0.3 is 15.1 Å². The van der Waals surface area contributed by atoms with Gasteiger partial charge in [0, 0.05) is 30.8 Å². The highest BCUT2D eigenvalue weighted by atomic mass is 32.2. The van der Waals surface area contributed by atoms with Crippen LogP contribution in [0.5, 0.6) is 0 Å². The topological polar surface area (TPSA) is 52.7 Å². The molecule has 21 heavy (non-hydrogen) atoms. The van der Waals surface area contributed by atoms with Gasteiger partial charge in [-0.1, -0.05) is 6.92 Å². The minimum Gasteiger partial charge on any atom is -0.334 e. The van der Waals surface area contributed by atoms with E-state index in [1.165, 1.54) is 0 Å². The lowest BCUT2D eigenvalue weighted by atomic mass is 10.1. The molecule has 3 aliphatic rings. The summed E-state index contributed by atoms with van der Waals surface area (Å²) in [5.41, 5.74) is 0. The summed E-state index contributed by atoms with van der Waals surface area (Å²) < 4.78 is 0. The van der Waals surface area contributed by atoms with Gasteiger partial charge in [-0.15, -0.1) is 11.8 Å². The van der Waals surface area contributed by atoms with Crippen LogP contribution in [0.2, 0.25) is 0 Å². The molecule has 3 rings (SSSR count). The number of nitrogens with one attached hydrogen (secondary N) is 1. The molecule has 3 fully saturated rings. The Morgan fingerprint density at radius 2 is 2.05 bits per heavy atom. The van der Waals surface area contributed by atoms with Crippen molar-refractivity contribution in [2.45, 2.75) is 57.2 Å². The van der Waals surface area contributed by atoms with Gasteiger partial charge in [-0.05, 0) is 32.2 Å². The number of carbonyl (C=O) groups excluding carboxylic acids is 2. The lowest BCUT2D eigenvalue weighted by molar-refractivity contribution is -0.145. The van der Waals surface area contributed by atoms with Crippen LogP contribution in [0.25, 0.3) is 0 Å². The number of fused-ring (bicyclic) bond motifs is 2. The first kappa shape index (κ1) is 15.2. The van der Waals surface area contributed by atoms with Crippen molar-refractivity contribution in [3.8, 4) is 0 Å². The van der Waals surface area contributed by atoms with E-state index >= 15 is 0 Å². The maximum atomic E-state index is 13.0. The molecule has 3 unspecified atom stereocenters. The minimum absolute atomic E-state index is 0.140. The molecular formula is C15H25N3O2S. The molecule has 3 aliphatic heterocycles. The fourth-order valence-electron chi connectivity index (χ4n) is 3.76. The smallest absolute Gasteiger partial charge is 0.246 e. The van der Waals surface area contributed by atoms with Crippen molar-refractivity contribution in [2.75, 3.05) is 24.7 Å². The third-order valence-electron chi connectivity index (χ3n) is 4.86. The van der Waals surface area contributed by atoms with E-state index in [9.17, 15) is 9.59 Å². The van der Waals surface area contributed by atoms with Crippen LogP contribution in [-0.4, -0.2) is 64.5 Å². The summed E-state index contributed by atoms with van der Waals surface area (Å²) >= 11 is 1.71. The number of amides is 2. The van der Waals surface area contributed by atoms with Gasteiger partial charge in [-0.2, -0.15) is 0 Å².